The molecule has 2 aromatic carbocycles. The van der Waals surface area contributed by atoms with Crippen molar-refractivity contribution in [1.29, 1.82) is 0 Å². The molecule has 3 aromatic heterocycles. The minimum atomic E-state index is 0.421. The molecule has 9 heteroatoms. The Morgan fingerprint density at radius 1 is 0.857 bits per heavy atom. The van der Waals surface area contributed by atoms with Crippen LogP contribution in [0.3, 0.4) is 0 Å². The molecule has 0 bridgehead atoms. The van der Waals surface area contributed by atoms with E-state index >= 15 is 0 Å². The molecule has 218 valence electrons. The Morgan fingerprint density at radius 2 is 1.57 bits per heavy atom. The second-order valence-electron chi connectivity index (χ2n) is 12.3. The number of hydrogen-bond acceptors (Lipinski definition) is 7. The molecule has 7 rings (SSSR count). The molecule has 2 aliphatic rings. The Morgan fingerprint density at radius 3 is 2.31 bits per heavy atom. The molecule has 0 spiro atoms. The van der Waals surface area contributed by atoms with Gasteiger partial charge in [0.05, 0.1) is 16.4 Å². The standard InChI is InChI=1S/C33H41N9/c1-21-5-14-28-30(22(21)2)40(4)33(38-28)37-24-8-6-23(7-9-24)27-19-42(32-29(27)31(34)35-20-36-32)26-12-10-25(11-13-26)41-17-15-39(3)16-18-41/h5-9,14,19-20,25-26H,10-13,15-18H2,1-4H3,(H,37,38)(H2,34,35,36)/t25-,26-. The van der Waals surface area contributed by atoms with Crippen LogP contribution in [0.5, 0.6) is 0 Å². The maximum absolute atomic E-state index is 6.48. The summed E-state index contributed by atoms with van der Waals surface area (Å²) in [5, 5.41) is 4.46. The summed E-state index contributed by atoms with van der Waals surface area (Å²) in [5.41, 5.74) is 15.3. The Bertz CT molecular complexity index is 1730. The Balaban J connectivity index is 1.13. The molecule has 42 heavy (non-hydrogen) atoms. The second-order valence-corrected chi connectivity index (χ2v) is 12.3. The van der Waals surface area contributed by atoms with E-state index in [9.17, 15) is 0 Å². The van der Waals surface area contributed by atoms with Crippen molar-refractivity contribution in [3.8, 4) is 11.1 Å². The van der Waals surface area contributed by atoms with Crippen LogP contribution >= 0.6 is 0 Å². The second kappa shape index (κ2) is 10.7. The van der Waals surface area contributed by atoms with E-state index in [-0.39, 0.29) is 0 Å². The van der Waals surface area contributed by atoms with Crippen LogP contribution in [0, 0.1) is 13.8 Å². The molecule has 0 radical (unpaired) electrons. The first kappa shape index (κ1) is 26.9. The van der Waals surface area contributed by atoms with Crippen LogP contribution in [0.4, 0.5) is 17.5 Å². The van der Waals surface area contributed by atoms with Crippen LogP contribution < -0.4 is 11.1 Å². The van der Waals surface area contributed by atoms with Crippen LogP contribution in [0.2, 0.25) is 0 Å². The zero-order valence-electron chi connectivity index (χ0n) is 25.1. The summed E-state index contributed by atoms with van der Waals surface area (Å²) < 4.78 is 4.51. The van der Waals surface area contributed by atoms with Gasteiger partial charge in [-0.15, -0.1) is 0 Å². The zero-order chi connectivity index (χ0) is 29.0. The maximum Gasteiger partial charge on any atom is 0.208 e. The van der Waals surface area contributed by atoms with Crippen molar-refractivity contribution in [2.45, 2.75) is 51.6 Å². The fourth-order valence-corrected chi connectivity index (χ4v) is 7.06. The minimum absolute atomic E-state index is 0.421. The SMILES string of the molecule is Cc1ccc2nc(Nc3ccc(-c4cn([C@H]5CC[C@H](N6CCN(C)CC6)CC5)c5ncnc(N)c45)cc3)n(C)c2c1C. The Kier molecular flexibility index (Phi) is 6.86. The highest BCUT2D eigenvalue weighted by atomic mass is 15.3. The molecule has 1 aliphatic heterocycles. The van der Waals surface area contributed by atoms with Gasteiger partial charge in [-0.3, -0.25) is 4.90 Å². The molecule has 2 fully saturated rings. The largest absolute Gasteiger partial charge is 0.383 e. The van der Waals surface area contributed by atoms with Crippen molar-refractivity contribution in [3.05, 3.63) is 60.0 Å². The van der Waals surface area contributed by atoms with Crippen molar-refractivity contribution < 1.29 is 0 Å². The number of fused-ring (bicyclic) bond motifs is 2. The van der Waals surface area contributed by atoms with Crippen LogP contribution in [0.15, 0.2) is 48.9 Å². The Hall–Kier alpha value is -3.95. The molecule has 3 N–H and O–H groups in total. The smallest absolute Gasteiger partial charge is 0.208 e. The molecule has 9 nitrogen and oxygen atoms in total. The van der Waals surface area contributed by atoms with Crippen LogP contribution in [-0.2, 0) is 7.05 Å². The van der Waals surface area contributed by atoms with E-state index in [1.54, 1.807) is 6.33 Å². The average Bonchev–Trinajstić information content (AvgIpc) is 3.55. The third kappa shape index (κ3) is 4.70. The van der Waals surface area contributed by atoms with Gasteiger partial charge in [-0.25, -0.2) is 15.0 Å². The van der Waals surface area contributed by atoms with Crippen molar-refractivity contribution in [1.82, 2.24) is 33.9 Å². The van der Waals surface area contributed by atoms with E-state index in [0.29, 0.717) is 17.9 Å². The molecule has 1 saturated carbocycles. The number of imidazole rings is 1. The molecule has 4 heterocycles. The number of nitrogen functional groups attached to an aromatic ring is 1. The zero-order valence-corrected chi connectivity index (χ0v) is 25.1. The van der Waals surface area contributed by atoms with E-state index in [1.807, 2.05) is 0 Å². The first-order chi connectivity index (χ1) is 20.4. The molecule has 1 saturated heterocycles. The van der Waals surface area contributed by atoms with Gasteiger partial charge in [-0.1, -0.05) is 18.2 Å². The summed E-state index contributed by atoms with van der Waals surface area (Å²) >= 11 is 0. The fraction of sp³-hybridized carbons (Fsp3) is 0.424. The van der Waals surface area contributed by atoms with Gasteiger partial charge in [0.2, 0.25) is 5.95 Å². The number of likely N-dealkylation sites (N-methyl/N-ethyl adjacent to an activating group) is 1. The summed E-state index contributed by atoms with van der Waals surface area (Å²) in [4.78, 5) is 19.1. The summed E-state index contributed by atoms with van der Waals surface area (Å²) in [5.74, 6) is 1.36. The maximum atomic E-state index is 6.48. The molecular formula is C33H41N9. The Labute approximate surface area is 247 Å². The van der Waals surface area contributed by atoms with Gasteiger partial charge >= 0.3 is 0 Å². The third-order valence-electron chi connectivity index (χ3n) is 9.76. The van der Waals surface area contributed by atoms with Gasteiger partial charge in [-0.05, 0) is 81.5 Å². The molecule has 0 unspecified atom stereocenters. The lowest BCUT2D eigenvalue weighted by Gasteiger charge is -2.41. The van der Waals surface area contributed by atoms with E-state index in [1.165, 1.54) is 50.1 Å². The summed E-state index contributed by atoms with van der Waals surface area (Å²) in [6.07, 6.45) is 8.63. The van der Waals surface area contributed by atoms with E-state index in [0.717, 1.165) is 57.7 Å². The van der Waals surface area contributed by atoms with Crippen molar-refractivity contribution >= 4 is 39.5 Å². The normalized spacial score (nSPS) is 20.5. The number of nitrogens with zero attached hydrogens (tertiary/aromatic N) is 7. The molecule has 5 aromatic rings. The van der Waals surface area contributed by atoms with Crippen molar-refractivity contribution in [3.63, 3.8) is 0 Å². The van der Waals surface area contributed by atoms with Gasteiger partial charge in [0.1, 0.15) is 17.8 Å². The lowest BCUT2D eigenvalue weighted by atomic mass is 9.89. The lowest BCUT2D eigenvalue weighted by Crippen LogP contribution is -2.49. The minimum Gasteiger partial charge on any atom is -0.383 e. The fourth-order valence-electron chi connectivity index (χ4n) is 7.06. The van der Waals surface area contributed by atoms with Gasteiger partial charge in [0.25, 0.3) is 0 Å². The number of rotatable bonds is 5. The quantitative estimate of drug-likeness (QED) is 0.285. The monoisotopic (exact) mass is 563 g/mol. The molecule has 1 aliphatic carbocycles. The number of benzene rings is 2. The van der Waals surface area contributed by atoms with Crippen molar-refractivity contribution in [2.24, 2.45) is 7.05 Å². The highest BCUT2D eigenvalue weighted by Gasteiger charge is 2.30. The van der Waals surface area contributed by atoms with Crippen LogP contribution in [0.1, 0.15) is 42.9 Å². The number of piperazine rings is 1. The van der Waals surface area contributed by atoms with Gasteiger partial charge in [-0.2, -0.15) is 0 Å². The predicted octanol–water partition coefficient (Wildman–Crippen LogP) is 5.66. The van der Waals surface area contributed by atoms with E-state index < -0.39 is 0 Å². The van der Waals surface area contributed by atoms with Gasteiger partial charge < -0.3 is 25.1 Å². The number of aryl methyl sites for hydroxylation is 3. The van der Waals surface area contributed by atoms with Crippen LogP contribution in [0.25, 0.3) is 33.2 Å². The number of aromatic nitrogens is 5. The summed E-state index contributed by atoms with van der Waals surface area (Å²) in [6.45, 7) is 9.02. The highest BCUT2D eigenvalue weighted by Crippen LogP contribution is 2.39. The van der Waals surface area contributed by atoms with Gasteiger partial charge in [0, 0.05) is 62.8 Å². The first-order valence-corrected chi connectivity index (χ1v) is 15.2. The molecular weight excluding hydrogens is 522 g/mol. The number of nitrogens with one attached hydrogen (secondary N) is 1. The molecule has 0 atom stereocenters. The van der Waals surface area contributed by atoms with E-state index in [2.05, 4.69) is 99.8 Å². The van der Waals surface area contributed by atoms with Crippen LogP contribution in [-0.4, -0.2) is 73.2 Å². The number of nitrogens with two attached hydrogens (primary N) is 1. The predicted molar refractivity (Wildman–Crippen MR) is 171 cm³/mol. The number of hydrogen-bond donors (Lipinski definition) is 2. The highest BCUT2D eigenvalue weighted by molar-refractivity contribution is 6.00. The van der Waals surface area contributed by atoms with Crippen molar-refractivity contribution in [2.75, 3.05) is 44.3 Å². The number of anilines is 3. The first-order valence-electron chi connectivity index (χ1n) is 15.2. The summed E-state index contributed by atoms with van der Waals surface area (Å²) in [7, 11) is 4.29. The third-order valence-corrected chi connectivity index (χ3v) is 9.76. The lowest BCUT2D eigenvalue weighted by molar-refractivity contribution is 0.0828. The topological polar surface area (TPSA) is 93.1 Å². The van der Waals surface area contributed by atoms with E-state index in [4.69, 9.17) is 15.7 Å². The van der Waals surface area contributed by atoms with Gasteiger partial charge in [0.15, 0.2) is 0 Å². The average molecular weight is 564 g/mol. The summed E-state index contributed by atoms with van der Waals surface area (Å²) in [6, 6.07) is 13.9. The molecule has 0 amide bonds.